The molecule has 33 heavy (non-hydrogen) atoms. The highest BCUT2D eigenvalue weighted by molar-refractivity contribution is 7.16. The maximum absolute atomic E-state index is 12.9. The zero-order valence-electron chi connectivity index (χ0n) is 18.6. The lowest BCUT2D eigenvalue weighted by atomic mass is 10.1. The fraction of sp³-hybridized carbons (Fsp3) is 0.292. The number of benzene rings is 2. The van der Waals surface area contributed by atoms with Crippen LogP contribution in [0.3, 0.4) is 0 Å². The van der Waals surface area contributed by atoms with Crippen LogP contribution in [0.2, 0.25) is 0 Å². The van der Waals surface area contributed by atoms with Gasteiger partial charge >= 0.3 is 0 Å². The SMILES string of the molecule is CCOc1ccc(NC(=O)C2CCc3sc(NC(=O)c4cc(OC)cc(OC)c4)nc32)cc1. The number of carbonyl (C=O) groups excluding carboxylic acids is 2. The number of hydrogen-bond acceptors (Lipinski definition) is 7. The Kier molecular flexibility index (Phi) is 6.79. The summed E-state index contributed by atoms with van der Waals surface area (Å²) in [6.07, 6.45) is 1.44. The number of methoxy groups -OCH3 is 2. The van der Waals surface area contributed by atoms with E-state index in [-0.39, 0.29) is 17.7 Å². The van der Waals surface area contributed by atoms with E-state index in [0.717, 1.165) is 22.7 Å². The first-order valence-corrected chi connectivity index (χ1v) is 11.4. The van der Waals surface area contributed by atoms with Crippen LogP contribution in [-0.2, 0) is 11.2 Å². The van der Waals surface area contributed by atoms with E-state index >= 15 is 0 Å². The van der Waals surface area contributed by atoms with E-state index in [0.29, 0.717) is 40.9 Å². The minimum atomic E-state index is -0.356. The van der Waals surface area contributed by atoms with Crippen molar-refractivity contribution in [1.29, 1.82) is 0 Å². The molecule has 0 saturated carbocycles. The molecule has 172 valence electrons. The van der Waals surface area contributed by atoms with Crippen molar-refractivity contribution in [3.05, 3.63) is 58.6 Å². The minimum absolute atomic E-state index is 0.112. The number of carbonyl (C=O) groups is 2. The number of amides is 2. The van der Waals surface area contributed by atoms with Crippen LogP contribution in [0.4, 0.5) is 10.8 Å². The topological polar surface area (TPSA) is 98.8 Å². The molecule has 0 saturated heterocycles. The molecule has 9 heteroatoms. The largest absolute Gasteiger partial charge is 0.497 e. The average molecular weight is 468 g/mol. The van der Waals surface area contributed by atoms with E-state index in [4.69, 9.17) is 14.2 Å². The Labute approximate surface area is 195 Å². The van der Waals surface area contributed by atoms with Gasteiger partial charge in [0.15, 0.2) is 5.13 Å². The van der Waals surface area contributed by atoms with Crippen LogP contribution in [-0.4, -0.2) is 37.6 Å². The highest BCUT2D eigenvalue weighted by atomic mass is 32.1. The normalized spacial score (nSPS) is 14.3. The Bertz CT molecular complexity index is 1140. The quantitative estimate of drug-likeness (QED) is 0.507. The fourth-order valence-corrected chi connectivity index (χ4v) is 4.71. The highest BCUT2D eigenvalue weighted by Crippen LogP contribution is 2.39. The van der Waals surface area contributed by atoms with Crippen molar-refractivity contribution in [3.63, 3.8) is 0 Å². The molecule has 0 aliphatic heterocycles. The number of aromatic nitrogens is 1. The van der Waals surface area contributed by atoms with Gasteiger partial charge in [0.1, 0.15) is 17.2 Å². The van der Waals surface area contributed by atoms with Crippen molar-refractivity contribution in [2.75, 3.05) is 31.5 Å². The summed E-state index contributed by atoms with van der Waals surface area (Å²) in [6.45, 7) is 2.51. The Morgan fingerprint density at radius 2 is 1.73 bits per heavy atom. The number of thiazole rings is 1. The number of hydrogen-bond donors (Lipinski definition) is 2. The molecule has 1 unspecified atom stereocenters. The summed E-state index contributed by atoms with van der Waals surface area (Å²) in [5.41, 5.74) is 1.82. The minimum Gasteiger partial charge on any atom is -0.497 e. The van der Waals surface area contributed by atoms with E-state index in [9.17, 15) is 9.59 Å². The Morgan fingerprint density at radius 1 is 1.03 bits per heavy atom. The molecule has 1 aromatic heterocycles. The number of rotatable bonds is 8. The lowest BCUT2D eigenvalue weighted by Crippen LogP contribution is -2.20. The average Bonchev–Trinajstić information content (AvgIpc) is 3.40. The van der Waals surface area contributed by atoms with Crippen molar-refractivity contribution in [2.45, 2.75) is 25.7 Å². The molecule has 0 fully saturated rings. The van der Waals surface area contributed by atoms with Crippen LogP contribution in [0, 0.1) is 0 Å². The Balaban J connectivity index is 1.44. The van der Waals surface area contributed by atoms with Gasteiger partial charge < -0.3 is 19.5 Å². The maximum Gasteiger partial charge on any atom is 0.257 e. The Hall–Kier alpha value is -3.59. The maximum atomic E-state index is 12.9. The Morgan fingerprint density at radius 3 is 2.36 bits per heavy atom. The van der Waals surface area contributed by atoms with Gasteiger partial charge in [0, 0.05) is 22.2 Å². The molecule has 2 aromatic carbocycles. The second-order valence-corrected chi connectivity index (χ2v) is 8.50. The first-order chi connectivity index (χ1) is 16.0. The molecule has 8 nitrogen and oxygen atoms in total. The second-order valence-electron chi connectivity index (χ2n) is 7.42. The van der Waals surface area contributed by atoms with Crippen molar-refractivity contribution >= 4 is 34.0 Å². The molecule has 0 bridgehead atoms. The van der Waals surface area contributed by atoms with Gasteiger partial charge in [-0.1, -0.05) is 0 Å². The number of ether oxygens (including phenoxy) is 3. The summed E-state index contributed by atoms with van der Waals surface area (Å²) < 4.78 is 15.9. The smallest absolute Gasteiger partial charge is 0.257 e. The van der Waals surface area contributed by atoms with Gasteiger partial charge in [-0.15, -0.1) is 11.3 Å². The predicted octanol–water partition coefficient (Wildman–Crippen LogP) is 4.48. The number of nitrogens with one attached hydrogen (secondary N) is 2. The predicted molar refractivity (Wildman–Crippen MR) is 127 cm³/mol. The molecule has 1 aliphatic rings. The van der Waals surface area contributed by atoms with Gasteiger partial charge in [-0.25, -0.2) is 4.98 Å². The number of fused-ring (bicyclic) bond motifs is 1. The molecule has 4 rings (SSSR count). The molecule has 0 radical (unpaired) electrons. The van der Waals surface area contributed by atoms with Crippen LogP contribution >= 0.6 is 11.3 Å². The fourth-order valence-electron chi connectivity index (χ4n) is 3.67. The van der Waals surface area contributed by atoms with E-state index < -0.39 is 0 Å². The summed E-state index contributed by atoms with van der Waals surface area (Å²) in [5, 5.41) is 6.24. The van der Waals surface area contributed by atoms with Crippen LogP contribution in [0.25, 0.3) is 0 Å². The zero-order valence-corrected chi connectivity index (χ0v) is 19.5. The van der Waals surface area contributed by atoms with E-state index in [1.54, 1.807) is 18.2 Å². The third kappa shape index (κ3) is 5.09. The molecule has 1 heterocycles. The van der Waals surface area contributed by atoms with Crippen LogP contribution < -0.4 is 24.8 Å². The van der Waals surface area contributed by atoms with Crippen LogP contribution in [0.1, 0.15) is 40.2 Å². The van der Waals surface area contributed by atoms with Gasteiger partial charge in [0.05, 0.1) is 32.4 Å². The lowest BCUT2D eigenvalue weighted by Gasteiger charge is -2.11. The third-order valence-electron chi connectivity index (χ3n) is 5.30. The molecular formula is C24H25N3O5S. The number of nitrogens with zero attached hydrogens (tertiary/aromatic N) is 1. The van der Waals surface area contributed by atoms with Gasteiger partial charge in [0.2, 0.25) is 5.91 Å². The van der Waals surface area contributed by atoms with E-state index in [2.05, 4.69) is 15.6 Å². The molecule has 1 aliphatic carbocycles. The zero-order chi connectivity index (χ0) is 23.4. The molecule has 3 aromatic rings. The van der Waals surface area contributed by atoms with Gasteiger partial charge in [-0.05, 0) is 56.2 Å². The van der Waals surface area contributed by atoms with Gasteiger partial charge in [0.25, 0.3) is 5.91 Å². The molecule has 2 amide bonds. The molecular weight excluding hydrogens is 442 g/mol. The highest BCUT2D eigenvalue weighted by Gasteiger charge is 2.33. The molecule has 1 atom stereocenters. The van der Waals surface area contributed by atoms with Crippen molar-refractivity contribution in [3.8, 4) is 17.2 Å². The van der Waals surface area contributed by atoms with Gasteiger partial charge in [-0.3, -0.25) is 14.9 Å². The first kappa shape index (κ1) is 22.6. The van der Waals surface area contributed by atoms with Crippen molar-refractivity contribution in [2.24, 2.45) is 0 Å². The molecule has 2 N–H and O–H groups in total. The standard InChI is InChI=1S/C24H25N3O5S/c1-4-32-16-7-5-15(6-8-16)25-23(29)19-9-10-20-21(19)26-24(33-20)27-22(28)14-11-17(30-2)13-18(12-14)31-3/h5-8,11-13,19H,4,9-10H2,1-3H3,(H,25,29)(H,26,27,28). The number of aryl methyl sites for hydroxylation is 1. The first-order valence-electron chi connectivity index (χ1n) is 10.6. The van der Waals surface area contributed by atoms with Crippen molar-refractivity contribution < 1.29 is 23.8 Å². The summed E-state index contributed by atoms with van der Waals surface area (Å²) in [5.74, 6) is 1.01. The van der Waals surface area contributed by atoms with Crippen LogP contribution in [0.15, 0.2) is 42.5 Å². The van der Waals surface area contributed by atoms with E-state index in [1.807, 2.05) is 31.2 Å². The summed E-state index contributed by atoms with van der Waals surface area (Å²) in [7, 11) is 3.06. The monoisotopic (exact) mass is 467 g/mol. The van der Waals surface area contributed by atoms with Crippen LogP contribution in [0.5, 0.6) is 17.2 Å². The second kappa shape index (κ2) is 9.91. The number of anilines is 2. The summed E-state index contributed by atoms with van der Waals surface area (Å²) in [6, 6.07) is 12.2. The van der Waals surface area contributed by atoms with Crippen molar-refractivity contribution in [1.82, 2.24) is 4.98 Å². The van der Waals surface area contributed by atoms with Gasteiger partial charge in [-0.2, -0.15) is 0 Å². The van der Waals surface area contributed by atoms with E-state index in [1.165, 1.54) is 25.6 Å². The summed E-state index contributed by atoms with van der Waals surface area (Å²) >= 11 is 1.40. The molecule has 0 spiro atoms. The third-order valence-corrected chi connectivity index (χ3v) is 6.35. The summed E-state index contributed by atoms with van der Waals surface area (Å²) in [4.78, 5) is 31.2. The lowest BCUT2D eigenvalue weighted by molar-refractivity contribution is -0.117.